The van der Waals surface area contributed by atoms with Crippen molar-refractivity contribution in [2.45, 2.75) is 39.5 Å². The Morgan fingerprint density at radius 2 is 2.05 bits per heavy atom. The van der Waals surface area contributed by atoms with Crippen molar-refractivity contribution in [2.24, 2.45) is 5.92 Å². The van der Waals surface area contributed by atoms with E-state index in [2.05, 4.69) is 24.8 Å². The van der Waals surface area contributed by atoms with Gasteiger partial charge in [-0.25, -0.2) is 0 Å². The maximum atomic E-state index is 12.6. The number of halogens is 1. The minimum Gasteiger partial charge on any atom is -0.371 e. The zero-order chi connectivity index (χ0) is 15.9. The Kier molecular flexibility index (Phi) is 6.56. The molecule has 0 saturated carbocycles. The predicted octanol–water partition coefficient (Wildman–Crippen LogP) is 4.21. The molecule has 1 amide bonds. The van der Waals surface area contributed by atoms with Gasteiger partial charge in [0.2, 0.25) is 5.91 Å². The SMILES string of the molecule is CCCCN(CC)C(=O)C1CCN(c2cccc(Cl)c2)CC1. The van der Waals surface area contributed by atoms with Crippen LogP contribution in [0.25, 0.3) is 0 Å². The van der Waals surface area contributed by atoms with Crippen molar-refractivity contribution in [3.05, 3.63) is 29.3 Å². The van der Waals surface area contributed by atoms with E-state index in [1.165, 1.54) is 0 Å². The van der Waals surface area contributed by atoms with Crippen molar-refractivity contribution in [2.75, 3.05) is 31.1 Å². The van der Waals surface area contributed by atoms with Crippen molar-refractivity contribution in [1.82, 2.24) is 4.90 Å². The van der Waals surface area contributed by atoms with Gasteiger partial charge in [-0.2, -0.15) is 0 Å². The number of unbranched alkanes of at least 4 members (excludes halogenated alkanes) is 1. The highest BCUT2D eigenvalue weighted by Crippen LogP contribution is 2.26. The van der Waals surface area contributed by atoms with Gasteiger partial charge in [0.05, 0.1) is 0 Å². The maximum absolute atomic E-state index is 12.6. The fourth-order valence-electron chi connectivity index (χ4n) is 3.09. The molecule has 1 aromatic rings. The Morgan fingerprint density at radius 1 is 1.32 bits per heavy atom. The van der Waals surface area contributed by atoms with Crippen molar-refractivity contribution < 1.29 is 4.79 Å². The van der Waals surface area contributed by atoms with E-state index in [1.807, 2.05) is 23.1 Å². The first-order chi connectivity index (χ1) is 10.7. The Hall–Kier alpha value is -1.22. The molecule has 122 valence electrons. The summed E-state index contributed by atoms with van der Waals surface area (Å²) in [4.78, 5) is 17.0. The van der Waals surface area contributed by atoms with Crippen LogP contribution in [0.1, 0.15) is 39.5 Å². The van der Waals surface area contributed by atoms with Gasteiger partial charge in [-0.15, -0.1) is 0 Å². The summed E-state index contributed by atoms with van der Waals surface area (Å²) in [5.74, 6) is 0.536. The third-order valence-corrected chi connectivity index (χ3v) is 4.73. The normalized spacial score (nSPS) is 15.9. The number of carbonyl (C=O) groups is 1. The third-order valence-electron chi connectivity index (χ3n) is 4.49. The first-order valence-corrected chi connectivity index (χ1v) is 8.82. The Morgan fingerprint density at radius 3 is 2.64 bits per heavy atom. The third kappa shape index (κ3) is 4.39. The number of carbonyl (C=O) groups excluding carboxylic acids is 1. The van der Waals surface area contributed by atoms with Crippen molar-refractivity contribution in [3.63, 3.8) is 0 Å². The molecule has 1 saturated heterocycles. The number of rotatable bonds is 6. The lowest BCUT2D eigenvalue weighted by Gasteiger charge is -2.35. The molecule has 3 nitrogen and oxygen atoms in total. The minimum absolute atomic E-state index is 0.187. The van der Waals surface area contributed by atoms with Crippen LogP contribution in [0.15, 0.2) is 24.3 Å². The number of nitrogens with zero attached hydrogens (tertiary/aromatic N) is 2. The lowest BCUT2D eigenvalue weighted by molar-refractivity contribution is -0.136. The molecule has 0 atom stereocenters. The summed E-state index contributed by atoms with van der Waals surface area (Å²) in [6.07, 6.45) is 4.11. The van der Waals surface area contributed by atoms with Crippen LogP contribution in [0.3, 0.4) is 0 Å². The first kappa shape index (κ1) is 17.1. The highest BCUT2D eigenvalue weighted by molar-refractivity contribution is 6.30. The van der Waals surface area contributed by atoms with Gasteiger partial charge >= 0.3 is 0 Å². The van der Waals surface area contributed by atoms with Gasteiger partial charge in [0.1, 0.15) is 0 Å². The summed E-state index contributed by atoms with van der Waals surface area (Å²) in [6.45, 7) is 7.84. The summed E-state index contributed by atoms with van der Waals surface area (Å²) in [5.41, 5.74) is 1.16. The molecule has 0 unspecified atom stereocenters. The van der Waals surface area contributed by atoms with Crippen molar-refractivity contribution in [1.29, 1.82) is 0 Å². The number of benzene rings is 1. The van der Waals surface area contributed by atoms with E-state index in [0.717, 1.165) is 62.6 Å². The van der Waals surface area contributed by atoms with Gasteiger partial charge in [-0.1, -0.05) is 31.0 Å². The van der Waals surface area contributed by atoms with Gasteiger partial charge in [-0.05, 0) is 44.4 Å². The van der Waals surface area contributed by atoms with Gasteiger partial charge in [-0.3, -0.25) is 4.79 Å². The van der Waals surface area contributed by atoms with E-state index in [4.69, 9.17) is 11.6 Å². The molecule has 1 aromatic carbocycles. The fourth-order valence-corrected chi connectivity index (χ4v) is 3.27. The molecule has 0 spiro atoms. The molecule has 4 heteroatoms. The minimum atomic E-state index is 0.187. The summed E-state index contributed by atoms with van der Waals surface area (Å²) < 4.78 is 0. The van der Waals surface area contributed by atoms with E-state index in [9.17, 15) is 4.79 Å². The number of piperidine rings is 1. The van der Waals surface area contributed by atoms with Gasteiger partial charge in [0.15, 0.2) is 0 Å². The smallest absolute Gasteiger partial charge is 0.225 e. The first-order valence-electron chi connectivity index (χ1n) is 8.45. The molecular weight excluding hydrogens is 296 g/mol. The average molecular weight is 323 g/mol. The number of amides is 1. The lowest BCUT2D eigenvalue weighted by Crippen LogP contribution is -2.43. The summed E-state index contributed by atoms with van der Waals surface area (Å²) in [7, 11) is 0. The lowest BCUT2D eigenvalue weighted by atomic mass is 9.94. The molecule has 0 bridgehead atoms. The second kappa shape index (κ2) is 8.42. The number of anilines is 1. The quantitative estimate of drug-likeness (QED) is 0.783. The molecule has 1 aliphatic heterocycles. The molecule has 22 heavy (non-hydrogen) atoms. The molecular formula is C18H27ClN2O. The van der Waals surface area contributed by atoms with E-state index in [-0.39, 0.29) is 5.92 Å². The molecule has 0 N–H and O–H groups in total. The van der Waals surface area contributed by atoms with Gasteiger partial charge in [0, 0.05) is 42.8 Å². The van der Waals surface area contributed by atoms with Crippen LogP contribution in [-0.4, -0.2) is 37.0 Å². The van der Waals surface area contributed by atoms with Crippen LogP contribution >= 0.6 is 11.6 Å². The van der Waals surface area contributed by atoms with Crippen molar-refractivity contribution >= 4 is 23.2 Å². The van der Waals surface area contributed by atoms with Crippen LogP contribution in [0, 0.1) is 5.92 Å². The standard InChI is InChI=1S/C18H27ClN2O/c1-3-5-11-20(4-2)18(22)15-9-12-21(13-10-15)17-8-6-7-16(19)14-17/h6-8,14-15H,3-5,9-13H2,1-2H3. The Labute approximate surface area is 139 Å². The van der Waals surface area contributed by atoms with Crippen LogP contribution in [0.4, 0.5) is 5.69 Å². The summed E-state index contributed by atoms with van der Waals surface area (Å²) >= 11 is 6.06. The molecule has 1 aliphatic rings. The van der Waals surface area contributed by atoms with Gasteiger partial charge in [0.25, 0.3) is 0 Å². The topological polar surface area (TPSA) is 23.6 Å². The molecule has 1 heterocycles. The number of hydrogen-bond acceptors (Lipinski definition) is 2. The van der Waals surface area contributed by atoms with E-state index < -0.39 is 0 Å². The zero-order valence-corrected chi connectivity index (χ0v) is 14.5. The Balaban J connectivity index is 1.89. The second-order valence-electron chi connectivity index (χ2n) is 6.01. The summed E-state index contributed by atoms with van der Waals surface area (Å²) in [5, 5.41) is 0.771. The van der Waals surface area contributed by atoms with Crippen molar-refractivity contribution in [3.8, 4) is 0 Å². The van der Waals surface area contributed by atoms with Gasteiger partial charge < -0.3 is 9.80 Å². The molecule has 0 radical (unpaired) electrons. The molecule has 0 aliphatic carbocycles. The zero-order valence-electron chi connectivity index (χ0n) is 13.7. The second-order valence-corrected chi connectivity index (χ2v) is 6.45. The predicted molar refractivity (Wildman–Crippen MR) is 93.6 cm³/mol. The average Bonchev–Trinajstić information content (AvgIpc) is 2.55. The van der Waals surface area contributed by atoms with E-state index >= 15 is 0 Å². The van der Waals surface area contributed by atoms with Crippen LogP contribution < -0.4 is 4.90 Å². The fraction of sp³-hybridized carbons (Fsp3) is 0.611. The molecule has 2 rings (SSSR count). The monoisotopic (exact) mass is 322 g/mol. The molecule has 0 aromatic heterocycles. The van der Waals surface area contributed by atoms with Crippen LogP contribution in [-0.2, 0) is 4.79 Å². The largest absolute Gasteiger partial charge is 0.371 e. The summed E-state index contributed by atoms with van der Waals surface area (Å²) in [6, 6.07) is 7.98. The highest BCUT2D eigenvalue weighted by Gasteiger charge is 2.27. The molecule has 1 fully saturated rings. The van der Waals surface area contributed by atoms with E-state index in [1.54, 1.807) is 0 Å². The van der Waals surface area contributed by atoms with E-state index in [0.29, 0.717) is 5.91 Å². The maximum Gasteiger partial charge on any atom is 0.225 e. The number of hydrogen-bond donors (Lipinski definition) is 0. The van der Waals surface area contributed by atoms with Crippen LogP contribution in [0.5, 0.6) is 0 Å². The highest BCUT2D eigenvalue weighted by atomic mass is 35.5. The Bertz CT molecular complexity index is 484. The van der Waals surface area contributed by atoms with Crippen LogP contribution in [0.2, 0.25) is 5.02 Å².